The highest BCUT2D eigenvalue weighted by atomic mass is 16.6. The summed E-state index contributed by atoms with van der Waals surface area (Å²) in [5.41, 5.74) is 1.47. The molecule has 0 saturated heterocycles. The Morgan fingerprint density at radius 3 is 1.80 bits per heavy atom. The van der Waals surface area contributed by atoms with Crippen LogP contribution in [0.25, 0.3) is 0 Å². The van der Waals surface area contributed by atoms with E-state index in [0.29, 0.717) is 0 Å². The molecule has 2 N–H and O–H groups in total. The molecule has 0 fully saturated rings. The van der Waals surface area contributed by atoms with Gasteiger partial charge >= 0.3 is 6.16 Å². The zero-order chi connectivity index (χ0) is 8.57. The maximum absolute atomic E-state index is 8.56. The van der Waals surface area contributed by atoms with Gasteiger partial charge in [-0.1, -0.05) is 18.6 Å². The molecular weight excluding hydrogens is 132 g/mol. The van der Waals surface area contributed by atoms with Crippen molar-refractivity contribution in [2.75, 3.05) is 0 Å². The predicted molar refractivity (Wildman–Crippen MR) is 40.4 cm³/mol. The summed E-state index contributed by atoms with van der Waals surface area (Å²) in [6.07, 6.45) is 1.50. The van der Waals surface area contributed by atoms with Crippen molar-refractivity contribution >= 4 is 6.16 Å². The van der Waals surface area contributed by atoms with Gasteiger partial charge in [0.25, 0.3) is 0 Å². The Hall–Kier alpha value is -0.990. The smallest absolute Gasteiger partial charge is 0.450 e. The Bertz CT molecular complexity index is 112. The van der Waals surface area contributed by atoms with Crippen molar-refractivity contribution in [1.29, 1.82) is 0 Å². The molecule has 0 atom stereocenters. The van der Waals surface area contributed by atoms with Crippen molar-refractivity contribution in [3.8, 4) is 0 Å². The molecule has 0 aliphatic rings. The molecule has 0 aromatic heterocycles. The highest BCUT2D eigenvalue weighted by Crippen LogP contribution is 1.94. The van der Waals surface area contributed by atoms with E-state index in [1.165, 1.54) is 12.0 Å². The van der Waals surface area contributed by atoms with E-state index in [1.54, 1.807) is 0 Å². The SMILES string of the molecule is CC=C(C)CC.O=C(O)O. The maximum atomic E-state index is 8.56. The van der Waals surface area contributed by atoms with Gasteiger partial charge in [-0.05, 0) is 20.3 Å². The molecular formula is C7H14O3. The number of allylic oxidation sites excluding steroid dienone is 2. The fraction of sp³-hybridized carbons (Fsp3) is 0.571. The molecule has 60 valence electrons. The summed E-state index contributed by atoms with van der Waals surface area (Å²) in [7, 11) is 0. The lowest BCUT2D eigenvalue weighted by molar-refractivity contribution is 0.137. The number of hydrogen-bond acceptors (Lipinski definition) is 1. The van der Waals surface area contributed by atoms with Crippen LogP contribution in [0.3, 0.4) is 0 Å². The van der Waals surface area contributed by atoms with Crippen molar-refractivity contribution in [1.82, 2.24) is 0 Å². The summed E-state index contributed by atoms with van der Waals surface area (Å²) < 4.78 is 0. The van der Waals surface area contributed by atoms with E-state index in [-0.39, 0.29) is 0 Å². The van der Waals surface area contributed by atoms with Gasteiger partial charge in [-0.15, -0.1) is 0 Å². The van der Waals surface area contributed by atoms with Crippen LogP contribution in [-0.2, 0) is 0 Å². The third kappa shape index (κ3) is 27.9. The number of hydrogen-bond donors (Lipinski definition) is 2. The maximum Gasteiger partial charge on any atom is 0.503 e. The Labute approximate surface area is 61.0 Å². The first-order chi connectivity index (χ1) is 4.54. The van der Waals surface area contributed by atoms with Gasteiger partial charge in [-0.2, -0.15) is 0 Å². The Morgan fingerprint density at radius 1 is 1.50 bits per heavy atom. The fourth-order valence-corrected chi connectivity index (χ4v) is 0.204. The lowest BCUT2D eigenvalue weighted by atomic mass is 10.2. The average Bonchev–Trinajstić information content (AvgIpc) is 1.85. The number of carbonyl (C=O) groups is 1. The van der Waals surface area contributed by atoms with Crippen molar-refractivity contribution in [2.45, 2.75) is 27.2 Å². The molecule has 0 heterocycles. The molecule has 0 amide bonds. The fourth-order valence-electron chi connectivity index (χ4n) is 0.204. The zero-order valence-electron chi connectivity index (χ0n) is 6.59. The highest BCUT2D eigenvalue weighted by Gasteiger charge is 1.73. The van der Waals surface area contributed by atoms with Crippen LogP contribution in [0.1, 0.15) is 27.2 Å². The van der Waals surface area contributed by atoms with Crippen LogP contribution in [0.15, 0.2) is 11.6 Å². The van der Waals surface area contributed by atoms with E-state index in [0.717, 1.165) is 0 Å². The minimum absolute atomic E-state index is 1.19. The topological polar surface area (TPSA) is 57.5 Å². The van der Waals surface area contributed by atoms with E-state index in [4.69, 9.17) is 15.0 Å². The van der Waals surface area contributed by atoms with Gasteiger partial charge in [-0.25, -0.2) is 4.79 Å². The molecule has 0 aromatic rings. The molecule has 0 aliphatic heterocycles. The van der Waals surface area contributed by atoms with Crippen LogP contribution in [0.5, 0.6) is 0 Å². The number of rotatable bonds is 1. The molecule has 0 spiro atoms. The minimum Gasteiger partial charge on any atom is -0.450 e. The predicted octanol–water partition coefficient (Wildman–Crippen LogP) is 2.58. The monoisotopic (exact) mass is 146 g/mol. The normalized spacial score (nSPS) is 9.70. The highest BCUT2D eigenvalue weighted by molar-refractivity contribution is 5.53. The van der Waals surface area contributed by atoms with Crippen molar-refractivity contribution in [3.05, 3.63) is 11.6 Å². The summed E-state index contributed by atoms with van der Waals surface area (Å²) in [6, 6.07) is 0. The second-order valence-corrected chi connectivity index (χ2v) is 1.77. The summed E-state index contributed by atoms with van der Waals surface area (Å²) in [6.45, 7) is 6.37. The van der Waals surface area contributed by atoms with E-state index < -0.39 is 6.16 Å². The second kappa shape index (κ2) is 8.01. The van der Waals surface area contributed by atoms with Crippen LogP contribution in [0, 0.1) is 0 Å². The van der Waals surface area contributed by atoms with Gasteiger partial charge in [0.1, 0.15) is 0 Å². The van der Waals surface area contributed by atoms with Crippen LogP contribution >= 0.6 is 0 Å². The molecule has 0 saturated carbocycles. The molecule has 10 heavy (non-hydrogen) atoms. The first kappa shape index (κ1) is 11.8. The van der Waals surface area contributed by atoms with E-state index in [9.17, 15) is 0 Å². The van der Waals surface area contributed by atoms with Crippen LogP contribution < -0.4 is 0 Å². The molecule has 0 unspecified atom stereocenters. The molecule has 0 aromatic carbocycles. The molecule has 0 rings (SSSR count). The van der Waals surface area contributed by atoms with Crippen molar-refractivity contribution in [2.24, 2.45) is 0 Å². The van der Waals surface area contributed by atoms with Crippen LogP contribution in [0.2, 0.25) is 0 Å². The van der Waals surface area contributed by atoms with E-state index in [1.807, 2.05) is 0 Å². The van der Waals surface area contributed by atoms with Crippen LogP contribution in [-0.4, -0.2) is 16.4 Å². The van der Waals surface area contributed by atoms with E-state index >= 15 is 0 Å². The molecule has 0 bridgehead atoms. The summed E-state index contributed by atoms with van der Waals surface area (Å²) in [4.78, 5) is 8.56. The van der Waals surface area contributed by atoms with Gasteiger partial charge in [0.05, 0.1) is 0 Å². The van der Waals surface area contributed by atoms with Crippen LogP contribution in [0.4, 0.5) is 4.79 Å². The molecule has 3 nitrogen and oxygen atoms in total. The third-order valence-electron chi connectivity index (χ3n) is 1.05. The minimum atomic E-state index is -1.83. The molecule has 3 heteroatoms. The first-order valence-corrected chi connectivity index (χ1v) is 3.08. The Kier molecular flexibility index (Phi) is 9.42. The number of carboxylic acid groups (broad SMARTS) is 2. The zero-order valence-corrected chi connectivity index (χ0v) is 6.59. The second-order valence-electron chi connectivity index (χ2n) is 1.77. The third-order valence-corrected chi connectivity index (χ3v) is 1.05. The Morgan fingerprint density at radius 2 is 1.80 bits per heavy atom. The van der Waals surface area contributed by atoms with E-state index in [2.05, 4.69) is 26.8 Å². The molecule has 0 aliphatic carbocycles. The van der Waals surface area contributed by atoms with Crippen molar-refractivity contribution < 1.29 is 15.0 Å². The largest absolute Gasteiger partial charge is 0.503 e. The lowest BCUT2D eigenvalue weighted by Crippen LogP contribution is -1.81. The van der Waals surface area contributed by atoms with Gasteiger partial charge in [0.15, 0.2) is 0 Å². The first-order valence-electron chi connectivity index (χ1n) is 3.08. The van der Waals surface area contributed by atoms with Crippen molar-refractivity contribution in [3.63, 3.8) is 0 Å². The average molecular weight is 146 g/mol. The summed E-state index contributed by atoms with van der Waals surface area (Å²) >= 11 is 0. The molecule has 0 radical (unpaired) electrons. The Balaban J connectivity index is 0. The van der Waals surface area contributed by atoms with Gasteiger partial charge in [0, 0.05) is 0 Å². The van der Waals surface area contributed by atoms with Gasteiger partial charge < -0.3 is 10.2 Å². The van der Waals surface area contributed by atoms with Gasteiger partial charge in [0.2, 0.25) is 0 Å². The lowest BCUT2D eigenvalue weighted by Gasteiger charge is -1.85. The standard InChI is InChI=1S/C6H12.CH2O3/c1-4-6(3)5-2;2-1(3)4/h4H,5H2,1-3H3;(H2,2,3,4). The summed E-state index contributed by atoms with van der Waals surface area (Å²) in [5, 5.41) is 13.9. The van der Waals surface area contributed by atoms with Gasteiger partial charge in [-0.3, -0.25) is 0 Å². The quantitative estimate of drug-likeness (QED) is 0.559. The summed E-state index contributed by atoms with van der Waals surface area (Å²) in [5.74, 6) is 0.